The Morgan fingerprint density at radius 3 is 2.46 bits per heavy atom. The number of para-hydroxylation sites is 1. The first-order valence-electron chi connectivity index (χ1n) is 11.3. The first kappa shape index (κ1) is 23.5. The van der Waals surface area contributed by atoms with Gasteiger partial charge in [-0.15, -0.1) is 0 Å². The van der Waals surface area contributed by atoms with Crippen molar-refractivity contribution in [2.45, 2.75) is 29.1 Å². The molecule has 1 fully saturated rings. The number of nitrogens with one attached hydrogen (secondary N) is 1. The largest absolute Gasteiger partial charge is 0.385 e. The van der Waals surface area contributed by atoms with Gasteiger partial charge in [-0.1, -0.05) is 48.0 Å². The number of amides is 1. The monoisotopic (exact) mass is 509 g/mol. The number of carbonyl (C=O) groups is 1. The van der Waals surface area contributed by atoms with E-state index in [1.54, 1.807) is 53.4 Å². The highest BCUT2D eigenvalue weighted by Gasteiger charge is 2.37. The lowest BCUT2D eigenvalue weighted by atomic mass is 9.84. The van der Waals surface area contributed by atoms with Gasteiger partial charge in [0.15, 0.2) is 9.84 Å². The number of aromatic nitrogens is 2. The number of nitrogens with zero attached hydrogens (tertiary/aromatic N) is 2. The summed E-state index contributed by atoms with van der Waals surface area (Å²) < 4.78 is 26.0. The first-order valence-corrected chi connectivity index (χ1v) is 13.3. The molecule has 180 valence electrons. The maximum atomic E-state index is 13.0. The topological polar surface area (TPSA) is 103 Å². The van der Waals surface area contributed by atoms with Gasteiger partial charge in [-0.25, -0.2) is 13.4 Å². The van der Waals surface area contributed by atoms with Crippen LogP contribution >= 0.6 is 11.6 Å². The van der Waals surface area contributed by atoms with E-state index in [4.69, 9.17) is 11.6 Å². The van der Waals surface area contributed by atoms with Crippen molar-refractivity contribution >= 4 is 38.4 Å². The molecular weight excluding hydrogens is 486 g/mol. The number of aliphatic hydroxyl groups is 1. The van der Waals surface area contributed by atoms with Crippen molar-refractivity contribution in [2.24, 2.45) is 0 Å². The lowest BCUT2D eigenvalue weighted by Gasteiger charge is -2.39. The molecule has 4 aromatic rings. The van der Waals surface area contributed by atoms with Crippen LogP contribution in [0, 0.1) is 0 Å². The molecule has 0 radical (unpaired) electrons. The Morgan fingerprint density at radius 2 is 1.74 bits per heavy atom. The summed E-state index contributed by atoms with van der Waals surface area (Å²) >= 11 is 6.28. The molecule has 0 saturated carbocycles. The number of benzene rings is 3. The van der Waals surface area contributed by atoms with Crippen LogP contribution in [0.1, 0.15) is 34.3 Å². The van der Waals surface area contributed by atoms with Crippen LogP contribution in [0.3, 0.4) is 0 Å². The Hall–Kier alpha value is -3.20. The SMILES string of the molecule is O=C(c1ccc(CS(=O)(=O)c2cccc3[nH]cnc23)cc1)N1CCC(O)(c2ccccc2Cl)CC1. The normalized spacial score (nSPS) is 15.9. The van der Waals surface area contributed by atoms with Crippen molar-refractivity contribution in [1.29, 1.82) is 0 Å². The van der Waals surface area contributed by atoms with Crippen molar-refractivity contribution in [1.82, 2.24) is 14.9 Å². The van der Waals surface area contributed by atoms with Gasteiger partial charge in [-0.3, -0.25) is 4.79 Å². The number of halogens is 1. The summed E-state index contributed by atoms with van der Waals surface area (Å²) in [7, 11) is -3.62. The summed E-state index contributed by atoms with van der Waals surface area (Å²) in [6.07, 6.45) is 2.25. The van der Waals surface area contributed by atoms with Crippen molar-refractivity contribution in [3.63, 3.8) is 0 Å². The smallest absolute Gasteiger partial charge is 0.253 e. The second-order valence-corrected chi connectivity index (χ2v) is 11.2. The number of sulfone groups is 1. The molecular formula is C26H24ClN3O4S. The van der Waals surface area contributed by atoms with Crippen LogP contribution in [0.4, 0.5) is 0 Å². The van der Waals surface area contributed by atoms with Crippen LogP contribution < -0.4 is 0 Å². The molecule has 2 heterocycles. The van der Waals surface area contributed by atoms with E-state index in [1.807, 2.05) is 18.2 Å². The predicted octanol–water partition coefficient (Wildman–Crippen LogP) is 4.31. The van der Waals surface area contributed by atoms with E-state index in [-0.39, 0.29) is 16.6 Å². The third kappa shape index (κ3) is 4.57. The number of hydrogen-bond acceptors (Lipinski definition) is 5. The third-order valence-corrected chi connectivity index (χ3v) is 8.60. The number of piperidine rings is 1. The molecule has 1 amide bonds. The van der Waals surface area contributed by atoms with E-state index < -0.39 is 15.4 Å². The zero-order valence-corrected chi connectivity index (χ0v) is 20.4. The maximum absolute atomic E-state index is 13.0. The summed E-state index contributed by atoms with van der Waals surface area (Å²) in [5, 5.41) is 11.6. The molecule has 0 atom stereocenters. The number of imidazole rings is 1. The Bertz CT molecular complexity index is 1490. The van der Waals surface area contributed by atoms with Crippen LogP contribution in [0.2, 0.25) is 5.02 Å². The Balaban J connectivity index is 1.27. The molecule has 1 aliphatic rings. The molecule has 1 aromatic heterocycles. The van der Waals surface area contributed by atoms with Crippen LogP contribution in [-0.2, 0) is 21.2 Å². The average molecular weight is 510 g/mol. The fourth-order valence-corrected chi connectivity index (χ4v) is 6.44. The number of aromatic amines is 1. The highest BCUT2D eigenvalue weighted by molar-refractivity contribution is 7.90. The minimum Gasteiger partial charge on any atom is -0.385 e. The third-order valence-electron chi connectivity index (χ3n) is 6.56. The van der Waals surface area contributed by atoms with Crippen LogP contribution in [-0.4, -0.2) is 47.4 Å². The minimum atomic E-state index is -3.62. The first-order chi connectivity index (χ1) is 16.8. The molecule has 0 unspecified atom stereocenters. The number of hydrogen-bond donors (Lipinski definition) is 2. The van der Waals surface area contributed by atoms with Gasteiger partial charge in [0.05, 0.1) is 28.1 Å². The Labute approximate surface area is 208 Å². The summed E-state index contributed by atoms with van der Waals surface area (Å²) in [5.41, 5.74) is 1.76. The zero-order valence-electron chi connectivity index (χ0n) is 18.8. The van der Waals surface area contributed by atoms with Gasteiger partial charge in [0.2, 0.25) is 0 Å². The van der Waals surface area contributed by atoms with Gasteiger partial charge in [0.25, 0.3) is 5.91 Å². The van der Waals surface area contributed by atoms with Gasteiger partial charge < -0.3 is 15.0 Å². The molecule has 1 aliphatic heterocycles. The molecule has 3 aromatic carbocycles. The standard InChI is InChI=1S/C26H24ClN3O4S/c27-21-5-2-1-4-20(21)26(32)12-14-30(15-13-26)25(31)19-10-8-18(9-11-19)16-35(33,34)23-7-3-6-22-24(23)29-17-28-22/h1-11,17,32H,12-16H2,(H,28,29). The lowest BCUT2D eigenvalue weighted by Crippen LogP contribution is -2.45. The summed E-state index contributed by atoms with van der Waals surface area (Å²) in [5.74, 6) is -0.343. The fourth-order valence-electron chi connectivity index (χ4n) is 4.60. The number of carbonyl (C=O) groups excluding carboxylic acids is 1. The van der Waals surface area contributed by atoms with Gasteiger partial charge in [0, 0.05) is 29.2 Å². The molecule has 7 nitrogen and oxygen atoms in total. The molecule has 1 saturated heterocycles. The van der Waals surface area contributed by atoms with Crippen LogP contribution in [0.15, 0.2) is 78.0 Å². The highest BCUT2D eigenvalue weighted by Crippen LogP contribution is 2.37. The zero-order chi connectivity index (χ0) is 24.6. The maximum Gasteiger partial charge on any atom is 0.253 e. The van der Waals surface area contributed by atoms with E-state index in [0.29, 0.717) is 58.7 Å². The van der Waals surface area contributed by atoms with Gasteiger partial charge in [-0.05, 0) is 48.7 Å². The number of H-pyrrole nitrogens is 1. The van der Waals surface area contributed by atoms with Crippen molar-refractivity contribution in [3.05, 3.63) is 94.8 Å². The average Bonchev–Trinajstić information content (AvgIpc) is 3.33. The molecule has 5 rings (SSSR count). The summed E-state index contributed by atoms with van der Waals surface area (Å²) in [6, 6.07) is 18.9. The molecule has 9 heteroatoms. The van der Waals surface area contributed by atoms with Crippen LogP contribution in [0.25, 0.3) is 11.0 Å². The predicted molar refractivity (Wildman–Crippen MR) is 134 cm³/mol. The fraction of sp³-hybridized carbons (Fsp3) is 0.231. The molecule has 0 bridgehead atoms. The second-order valence-electron chi connectivity index (χ2n) is 8.81. The Kier molecular flexibility index (Phi) is 6.13. The number of fused-ring (bicyclic) bond motifs is 1. The highest BCUT2D eigenvalue weighted by atomic mass is 35.5. The van der Waals surface area contributed by atoms with E-state index in [0.717, 1.165) is 0 Å². The minimum absolute atomic E-state index is 0.151. The summed E-state index contributed by atoms with van der Waals surface area (Å²) in [6.45, 7) is 0.786. The van der Waals surface area contributed by atoms with E-state index >= 15 is 0 Å². The molecule has 35 heavy (non-hydrogen) atoms. The molecule has 0 aliphatic carbocycles. The number of rotatable bonds is 5. The van der Waals surface area contributed by atoms with Gasteiger partial charge >= 0.3 is 0 Å². The van der Waals surface area contributed by atoms with Crippen molar-refractivity contribution < 1.29 is 18.3 Å². The van der Waals surface area contributed by atoms with E-state index in [2.05, 4.69) is 9.97 Å². The molecule has 2 N–H and O–H groups in total. The Morgan fingerprint density at radius 1 is 1.03 bits per heavy atom. The van der Waals surface area contributed by atoms with E-state index in [1.165, 1.54) is 6.33 Å². The van der Waals surface area contributed by atoms with Crippen molar-refractivity contribution in [2.75, 3.05) is 13.1 Å². The van der Waals surface area contributed by atoms with E-state index in [9.17, 15) is 18.3 Å². The second kappa shape index (κ2) is 9.11. The van der Waals surface area contributed by atoms with Gasteiger partial charge in [0.1, 0.15) is 5.52 Å². The number of likely N-dealkylation sites (tertiary alicyclic amines) is 1. The lowest BCUT2D eigenvalue weighted by molar-refractivity contribution is -0.0210. The van der Waals surface area contributed by atoms with Crippen LogP contribution in [0.5, 0.6) is 0 Å². The quantitative estimate of drug-likeness (QED) is 0.417. The summed E-state index contributed by atoms with van der Waals surface area (Å²) in [4.78, 5) is 22.0. The van der Waals surface area contributed by atoms with Gasteiger partial charge in [-0.2, -0.15) is 0 Å². The van der Waals surface area contributed by atoms with Crippen molar-refractivity contribution in [3.8, 4) is 0 Å². The molecule has 0 spiro atoms.